The zero-order valence-electron chi connectivity index (χ0n) is 30.7. The Morgan fingerprint density at radius 2 is 1.59 bits per heavy atom. The van der Waals surface area contributed by atoms with E-state index in [1.807, 2.05) is 78.5 Å². The van der Waals surface area contributed by atoms with Crippen molar-refractivity contribution in [3.8, 4) is 11.1 Å². The highest BCUT2D eigenvalue weighted by atomic mass is 32.2. The lowest BCUT2D eigenvalue weighted by molar-refractivity contribution is -0.245. The number of anilines is 2. The summed E-state index contributed by atoms with van der Waals surface area (Å²) in [5.41, 5.74) is 13.0. The molecule has 1 fully saturated rings. The van der Waals surface area contributed by atoms with Crippen LogP contribution in [0.3, 0.4) is 0 Å². The minimum absolute atomic E-state index is 0.00219. The van der Waals surface area contributed by atoms with Gasteiger partial charge in [0, 0.05) is 56.6 Å². The zero-order chi connectivity index (χ0) is 37.7. The predicted molar refractivity (Wildman–Crippen MR) is 213 cm³/mol. The Bertz CT molecular complexity index is 1980. The van der Waals surface area contributed by atoms with E-state index in [4.69, 9.17) is 15.2 Å². The number of nitrogens with two attached hydrogens (primary N) is 1. The number of amides is 2. The van der Waals surface area contributed by atoms with E-state index in [-0.39, 0.29) is 30.6 Å². The molecule has 3 atom stereocenters. The standard InChI is InChI=1S/C43H49N5O5S/c1-48-23-22-45-43(48)54-29-36-26-39(32-20-18-30(28-49)19-21-32)53-42(52-36)35-13-9-12-34(25-35)33-11-8-10-31(24-33)27-46-40(50)16-4-2-3-5-17-41(51)47-38-15-7-6-14-37(38)44/h6-15,18-25,36,39,42,49H,2-5,16-17,26-29,44H2,1H3,(H,46,50)(H,47,51)/t36-,39+,42+/m0/s1. The average molecular weight is 748 g/mol. The van der Waals surface area contributed by atoms with Crippen LogP contribution in [0.25, 0.3) is 11.1 Å². The van der Waals surface area contributed by atoms with Gasteiger partial charge in [-0.25, -0.2) is 4.98 Å². The average Bonchev–Trinajstić information content (AvgIpc) is 3.62. The molecule has 2 amide bonds. The van der Waals surface area contributed by atoms with Gasteiger partial charge in [-0.1, -0.05) is 97.4 Å². The number of imidazole rings is 1. The molecule has 0 saturated carbocycles. The summed E-state index contributed by atoms with van der Waals surface area (Å²) in [7, 11) is 1.99. The number of aromatic nitrogens is 2. The number of thioether (sulfide) groups is 1. The number of aryl methyl sites for hydroxylation is 1. The van der Waals surface area contributed by atoms with Crippen molar-refractivity contribution in [1.29, 1.82) is 0 Å². The molecule has 5 aromatic rings. The van der Waals surface area contributed by atoms with Crippen LogP contribution in [0.2, 0.25) is 0 Å². The number of aliphatic hydroxyl groups is 1. The number of carbonyl (C=O) groups is 2. The van der Waals surface area contributed by atoms with E-state index in [0.717, 1.165) is 70.0 Å². The molecule has 11 heteroatoms. The van der Waals surface area contributed by atoms with Crippen LogP contribution in [0.5, 0.6) is 0 Å². The summed E-state index contributed by atoms with van der Waals surface area (Å²) in [6, 6.07) is 31.6. The highest BCUT2D eigenvalue weighted by molar-refractivity contribution is 7.99. The summed E-state index contributed by atoms with van der Waals surface area (Å²) in [6.45, 7) is 0.438. The number of aliphatic hydroxyl groups excluding tert-OH is 1. The van der Waals surface area contributed by atoms with E-state index in [2.05, 4.69) is 39.9 Å². The quantitative estimate of drug-likeness (QED) is 0.0425. The number of nitrogen functional groups attached to an aromatic ring is 1. The van der Waals surface area contributed by atoms with Crippen molar-refractivity contribution < 1.29 is 24.2 Å². The second kappa shape index (κ2) is 19.4. The number of nitrogens with zero attached hydrogens (tertiary/aromatic N) is 2. The largest absolute Gasteiger partial charge is 0.397 e. The van der Waals surface area contributed by atoms with Crippen molar-refractivity contribution >= 4 is 35.0 Å². The molecule has 0 unspecified atom stereocenters. The minimum atomic E-state index is -0.568. The molecular weight excluding hydrogens is 699 g/mol. The van der Waals surface area contributed by atoms with Crippen molar-refractivity contribution in [3.63, 3.8) is 0 Å². The highest BCUT2D eigenvalue weighted by Gasteiger charge is 2.32. The molecule has 0 spiro atoms. The van der Waals surface area contributed by atoms with E-state index >= 15 is 0 Å². The molecule has 54 heavy (non-hydrogen) atoms. The lowest BCUT2D eigenvalue weighted by Gasteiger charge is -2.36. The van der Waals surface area contributed by atoms with Gasteiger partial charge < -0.3 is 35.5 Å². The van der Waals surface area contributed by atoms with E-state index in [1.54, 1.807) is 30.1 Å². The summed E-state index contributed by atoms with van der Waals surface area (Å²) in [6.07, 6.45) is 7.79. The number of hydrogen-bond donors (Lipinski definition) is 4. The summed E-state index contributed by atoms with van der Waals surface area (Å²) in [5, 5.41) is 16.4. The molecule has 1 saturated heterocycles. The van der Waals surface area contributed by atoms with Crippen molar-refractivity contribution in [2.45, 2.75) is 81.8 Å². The van der Waals surface area contributed by atoms with Crippen molar-refractivity contribution in [2.24, 2.45) is 7.05 Å². The number of rotatable bonds is 17. The first-order valence-corrected chi connectivity index (χ1v) is 19.5. The van der Waals surface area contributed by atoms with E-state index in [1.165, 1.54) is 0 Å². The van der Waals surface area contributed by atoms with Gasteiger partial charge in [-0.3, -0.25) is 9.59 Å². The van der Waals surface area contributed by atoms with Gasteiger partial charge in [-0.2, -0.15) is 0 Å². The minimum Gasteiger partial charge on any atom is -0.397 e. The molecule has 10 nitrogen and oxygen atoms in total. The fraction of sp³-hybridized carbons (Fsp3) is 0.326. The van der Waals surface area contributed by atoms with Gasteiger partial charge in [0.25, 0.3) is 0 Å². The maximum atomic E-state index is 12.7. The molecule has 4 aromatic carbocycles. The molecule has 5 N–H and O–H groups in total. The first-order chi connectivity index (χ1) is 26.3. The fourth-order valence-electron chi connectivity index (χ4n) is 6.44. The van der Waals surface area contributed by atoms with Gasteiger partial charge in [0.1, 0.15) is 0 Å². The van der Waals surface area contributed by atoms with Gasteiger partial charge >= 0.3 is 0 Å². The first kappa shape index (κ1) is 38.8. The van der Waals surface area contributed by atoms with Gasteiger partial charge in [0.05, 0.1) is 30.2 Å². The lowest BCUT2D eigenvalue weighted by atomic mass is 9.99. The summed E-state index contributed by atoms with van der Waals surface area (Å²) in [4.78, 5) is 29.4. The number of carbonyl (C=O) groups excluding carboxylic acids is 2. The molecule has 1 aromatic heterocycles. The van der Waals surface area contributed by atoms with Crippen LogP contribution < -0.4 is 16.4 Å². The van der Waals surface area contributed by atoms with Crippen LogP contribution in [0.15, 0.2) is 115 Å². The van der Waals surface area contributed by atoms with Crippen LogP contribution in [0.4, 0.5) is 11.4 Å². The Balaban J connectivity index is 1.00. The van der Waals surface area contributed by atoms with Gasteiger partial charge in [-0.15, -0.1) is 0 Å². The maximum Gasteiger partial charge on any atom is 0.224 e. The predicted octanol–water partition coefficient (Wildman–Crippen LogP) is 8.09. The van der Waals surface area contributed by atoms with Crippen molar-refractivity contribution in [2.75, 3.05) is 16.8 Å². The van der Waals surface area contributed by atoms with Crippen molar-refractivity contribution in [3.05, 3.63) is 132 Å². The molecule has 6 rings (SSSR count). The van der Waals surface area contributed by atoms with Gasteiger partial charge in [0.2, 0.25) is 11.8 Å². The first-order valence-electron chi connectivity index (χ1n) is 18.6. The second-order valence-electron chi connectivity index (χ2n) is 13.6. The Kier molecular flexibility index (Phi) is 13.9. The normalized spacial score (nSPS) is 16.9. The number of unbranched alkanes of at least 4 members (excludes halogenated alkanes) is 3. The zero-order valence-corrected chi connectivity index (χ0v) is 31.5. The monoisotopic (exact) mass is 747 g/mol. The number of nitrogens with one attached hydrogen (secondary N) is 2. The van der Waals surface area contributed by atoms with Crippen molar-refractivity contribution in [1.82, 2.24) is 14.9 Å². The molecule has 282 valence electrons. The number of hydrogen-bond acceptors (Lipinski definition) is 8. The number of ether oxygens (including phenoxy) is 2. The Hall–Kier alpha value is -4.94. The maximum absolute atomic E-state index is 12.7. The Morgan fingerprint density at radius 3 is 2.33 bits per heavy atom. The van der Waals surface area contributed by atoms with Gasteiger partial charge in [-0.05, 0) is 64.9 Å². The number of benzene rings is 4. The van der Waals surface area contributed by atoms with Gasteiger partial charge in [0.15, 0.2) is 11.4 Å². The van der Waals surface area contributed by atoms with Crippen LogP contribution in [0, 0.1) is 0 Å². The third-order valence-corrected chi connectivity index (χ3v) is 10.7. The molecule has 1 aliphatic rings. The highest BCUT2D eigenvalue weighted by Crippen LogP contribution is 2.40. The SMILES string of the molecule is Cn1ccnc1SC[C@@H]1C[C@H](c2ccc(CO)cc2)O[C@H](c2cccc(-c3cccc(CNC(=O)CCCCCCC(=O)Nc4ccccc4N)c3)c2)O1. The molecule has 0 bridgehead atoms. The third-order valence-electron chi connectivity index (χ3n) is 9.49. The Morgan fingerprint density at radius 1 is 0.852 bits per heavy atom. The summed E-state index contributed by atoms with van der Waals surface area (Å²) < 4.78 is 15.2. The van der Waals surface area contributed by atoms with Crippen LogP contribution in [-0.2, 0) is 39.3 Å². The molecule has 1 aliphatic heterocycles. The lowest BCUT2D eigenvalue weighted by Crippen LogP contribution is -2.31. The molecule has 0 radical (unpaired) electrons. The van der Waals surface area contributed by atoms with E-state index in [9.17, 15) is 14.7 Å². The third kappa shape index (κ3) is 11.0. The Labute approximate surface area is 321 Å². The smallest absolute Gasteiger partial charge is 0.224 e. The fourth-order valence-corrected chi connectivity index (χ4v) is 7.39. The van der Waals surface area contributed by atoms with E-state index < -0.39 is 6.29 Å². The molecule has 2 heterocycles. The molecule has 0 aliphatic carbocycles. The van der Waals surface area contributed by atoms with E-state index in [0.29, 0.717) is 37.2 Å². The molecular formula is C43H49N5O5S. The topological polar surface area (TPSA) is 141 Å². The van der Waals surface area contributed by atoms with Crippen LogP contribution in [-0.4, -0.2) is 38.3 Å². The summed E-state index contributed by atoms with van der Waals surface area (Å²) >= 11 is 1.67. The second-order valence-corrected chi connectivity index (χ2v) is 14.6. The van der Waals surface area contributed by atoms with Crippen LogP contribution in [0.1, 0.15) is 79.6 Å². The van der Waals surface area contributed by atoms with Crippen LogP contribution >= 0.6 is 11.8 Å². The number of para-hydroxylation sites is 2. The summed E-state index contributed by atoms with van der Waals surface area (Å²) in [5.74, 6) is 0.696.